The van der Waals surface area contributed by atoms with E-state index in [9.17, 15) is 0 Å². The minimum atomic E-state index is 0.309. The predicted molar refractivity (Wildman–Crippen MR) is 102 cm³/mol. The maximum atomic E-state index is 6.07. The van der Waals surface area contributed by atoms with Crippen LogP contribution >= 0.6 is 0 Å². The lowest BCUT2D eigenvalue weighted by Crippen LogP contribution is -2.29. The highest BCUT2D eigenvalue weighted by Crippen LogP contribution is 2.26. The zero-order chi connectivity index (χ0) is 18.4. The molecule has 1 atom stereocenters. The Labute approximate surface area is 154 Å². The summed E-state index contributed by atoms with van der Waals surface area (Å²) in [5.74, 6) is 1.08. The average molecular weight is 362 g/mol. The first-order valence-electron chi connectivity index (χ1n) is 9.64. The number of anilines is 1. The molecule has 1 aliphatic rings. The SMILES string of the molecule is CCCCOc1nc(N)c2nc(OC)n(CCC[C@@H]3CCCNC3)c2n1. The molecule has 0 spiro atoms. The van der Waals surface area contributed by atoms with Crippen LogP contribution in [0.4, 0.5) is 5.82 Å². The third kappa shape index (κ3) is 4.35. The van der Waals surface area contributed by atoms with E-state index in [0.29, 0.717) is 35.6 Å². The minimum absolute atomic E-state index is 0.309. The molecule has 144 valence electrons. The number of hydrogen-bond donors (Lipinski definition) is 2. The van der Waals surface area contributed by atoms with Crippen molar-refractivity contribution in [2.24, 2.45) is 5.92 Å². The van der Waals surface area contributed by atoms with Gasteiger partial charge in [0.2, 0.25) is 0 Å². The van der Waals surface area contributed by atoms with E-state index < -0.39 is 0 Å². The van der Waals surface area contributed by atoms with Gasteiger partial charge in [-0.2, -0.15) is 15.0 Å². The number of aryl methyl sites for hydroxylation is 1. The molecule has 8 nitrogen and oxygen atoms in total. The van der Waals surface area contributed by atoms with Crippen molar-refractivity contribution >= 4 is 17.0 Å². The number of rotatable bonds is 9. The monoisotopic (exact) mass is 362 g/mol. The van der Waals surface area contributed by atoms with Gasteiger partial charge in [0.15, 0.2) is 17.0 Å². The molecular weight excluding hydrogens is 332 g/mol. The number of nitrogens with two attached hydrogens (primary N) is 1. The lowest BCUT2D eigenvalue weighted by molar-refractivity contribution is 0.286. The molecule has 3 N–H and O–H groups in total. The smallest absolute Gasteiger partial charge is 0.320 e. The van der Waals surface area contributed by atoms with Gasteiger partial charge in [0, 0.05) is 6.54 Å². The second-order valence-electron chi connectivity index (χ2n) is 6.87. The highest BCUT2D eigenvalue weighted by atomic mass is 16.5. The molecule has 1 saturated heterocycles. The molecular formula is C18H30N6O2. The number of nitrogens with one attached hydrogen (secondary N) is 1. The van der Waals surface area contributed by atoms with Gasteiger partial charge in [-0.3, -0.25) is 4.57 Å². The number of piperidine rings is 1. The second-order valence-corrected chi connectivity index (χ2v) is 6.87. The Bertz CT molecular complexity index is 711. The number of aromatic nitrogens is 4. The first-order valence-corrected chi connectivity index (χ1v) is 9.64. The molecule has 0 amide bonds. The van der Waals surface area contributed by atoms with Crippen molar-refractivity contribution in [1.82, 2.24) is 24.8 Å². The number of methoxy groups -OCH3 is 1. The summed E-state index contributed by atoms with van der Waals surface area (Å²) in [5, 5.41) is 3.47. The molecule has 3 heterocycles. The Kier molecular flexibility index (Phi) is 6.49. The van der Waals surface area contributed by atoms with Gasteiger partial charge in [0.25, 0.3) is 6.01 Å². The summed E-state index contributed by atoms with van der Waals surface area (Å²) in [6.07, 6.45) is 6.81. The summed E-state index contributed by atoms with van der Waals surface area (Å²) >= 11 is 0. The quantitative estimate of drug-likeness (QED) is 0.661. The Balaban J connectivity index is 1.75. The van der Waals surface area contributed by atoms with Crippen LogP contribution in [0.5, 0.6) is 12.0 Å². The Morgan fingerprint density at radius 1 is 1.27 bits per heavy atom. The number of ether oxygens (including phenoxy) is 2. The minimum Gasteiger partial charge on any atom is -0.468 e. The second kappa shape index (κ2) is 9.02. The molecule has 8 heteroatoms. The van der Waals surface area contributed by atoms with Crippen molar-refractivity contribution < 1.29 is 9.47 Å². The molecule has 0 aromatic carbocycles. The van der Waals surface area contributed by atoms with Crippen LogP contribution in [0.15, 0.2) is 0 Å². The van der Waals surface area contributed by atoms with Crippen LogP contribution in [0, 0.1) is 5.92 Å². The van der Waals surface area contributed by atoms with E-state index in [1.807, 2.05) is 4.57 Å². The van der Waals surface area contributed by atoms with Crippen LogP contribution < -0.4 is 20.5 Å². The topological polar surface area (TPSA) is 100 Å². The van der Waals surface area contributed by atoms with Gasteiger partial charge in [-0.15, -0.1) is 0 Å². The van der Waals surface area contributed by atoms with E-state index in [2.05, 4.69) is 27.2 Å². The summed E-state index contributed by atoms with van der Waals surface area (Å²) in [6, 6.07) is 0.831. The zero-order valence-corrected chi connectivity index (χ0v) is 15.8. The molecule has 1 fully saturated rings. The molecule has 26 heavy (non-hydrogen) atoms. The number of unbranched alkanes of at least 4 members (excludes halogenated alkanes) is 1. The number of fused-ring (bicyclic) bond motifs is 1. The number of nitrogen functional groups attached to an aromatic ring is 1. The van der Waals surface area contributed by atoms with Crippen molar-refractivity contribution in [2.45, 2.75) is 52.0 Å². The van der Waals surface area contributed by atoms with Gasteiger partial charge < -0.3 is 20.5 Å². The first-order chi connectivity index (χ1) is 12.7. The Hall–Kier alpha value is -2.09. The fourth-order valence-electron chi connectivity index (χ4n) is 3.42. The zero-order valence-electron chi connectivity index (χ0n) is 15.8. The number of nitrogens with zero attached hydrogens (tertiary/aromatic N) is 4. The molecule has 0 bridgehead atoms. The summed E-state index contributed by atoms with van der Waals surface area (Å²) in [5.41, 5.74) is 7.33. The van der Waals surface area contributed by atoms with Crippen LogP contribution in [0.1, 0.15) is 45.4 Å². The lowest BCUT2D eigenvalue weighted by Gasteiger charge is -2.22. The van der Waals surface area contributed by atoms with E-state index in [1.54, 1.807) is 7.11 Å². The van der Waals surface area contributed by atoms with Gasteiger partial charge in [-0.1, -0.05) is 13.3 Å². The lowest BCUT2D eigenvalue weighted by atomic mass is 9.95. The highest BCUT2D eigenvalue weighted by molar-refractivity contribution is 5.83. The average Bonchev–Trinajstić information content (AvgIpc) is 3.01. The summed E-state index contributed by atoms with van der Waals surface area (Å²) < 4.78 is 13.1. The molecule has 0 radical (unpaired) electrons. The first kappa shape index (κ1) is 18.7. The van der Waals surface area contributed by atoms with E-state index in [1.165, 1.54) is 19.3 Å². The molecule has 0 unspecified atom stereocenters. The Morgan fingerprint density at radius 2 is 2.15 bits per heavy atom. The van der Waals surface area contributed by atoms with Crippen molar-refractivity contribution in [1.29, 1.82) is 0 Å². The standard InChI is InChI=1S/C18H30N6O2/c1-3-4-11-26-17-22-15(19)14-16(23-17)24(18(21-14)25-2)10-6-8-13-7-5-9-20-12-13/h13,20H,3-12H2,1-2H3,(H2,19,22,23)/t13-/m0/s1. The largest absolute Gasteiger partial charge is 0.468 e. The van der Waals surface area contributed by atoms with Gasteiger partial charge in [-0.25, -0.2) is 0 Å². The van der Waals surface area contributed by atoms with E-state index in [-0.39, 0.29) is 0 Å². The molecule has 3 rings (SSSR count). The summed E-state index contributed by atoms with van der Waals surface area (Å²) in [7, 11) is 1.62. The maximum Gasteiger partial charge on any atom is 0.320 e. The molecule has 1 aliphatic heterocycles. The van der Waals surface area contributed by atoms with Gasteiger partial charge >= 0.3 is 6.01 Å². The van der Waals surface area contributed by atoms with E-state index >= 15 is 0 Å². The van der Waals surface area contributed by atoms with Crippen LogP contribution in [0.3, 0.4) is 0 Å². The summed E-state index contributed by atoms with van der Waals surface area (Å²) in [4.78, 5) is 13.2. The fraction of sp³-hybridized carbons (Fsp3) is 0.722. The molecule has 0 aliphatic carbocycles. The van der Waals surface area contributed by atoms with E-state index in [4.69, 9.17) is 15.2 Å². The number of imidazole rings is 1. The van der Waals surface area contributed by atoms with Gasteiger partial charge in [-0.05, 0) is 51.1 Å². The van der Waals surface area contributed by atoms with E-state index in [0.717, 1.165) is 44.8 Å². The van der Waals surface area contributed by atoms with Crippen molar-refractivity contribution in [3.8, 4) is 12.0 Å². The van der Waals surface area contributed by atoms with Crippen molar-refractivity contribution in [2.75, 3.05) is 32.5 Å². The third-order valence-electron chi connectivity index (χ3n) is 4.87. The normalized spacial score (nSPS) is 17.5. The third-order valence-corrected chi connectivity index (χ3v) is 4.87. The summed E-state index contributed by atoms with van der Waals surface area (Å²) in [6.45, 7) is 5.76. The van der Waals surface area contributed by atoms with Crippen LogP contribution in [0.2, 0.25) is 0 Å². The van der Waals surface area contributed by atoms with Crippen molar-refractivity contribution in [3.05, 3.63) is 0 Å². The Morgan fingerprint density at radius 3 is 2.88 bits per heavy atom. The molecule has 2 aromatic rings. The molecule has 2 aromatic heterocycles. The van der Waals surface area contributed by atoms with Crippen LogP contribution in [0.25, 0.3) is 11.2 Å². The van der Waals surface area contributed by atoms with Crippen LogP contribution in [-0.4, -0.2) is 46.3 Å². The molecule has 0 saturated carbocycles. The van der Waals surface area contributed by atoms with Crippen LogP contribution in [-0.2, 0) is 6.54 Å². The number of hydrogen-bond acceptors (Lipinski definition) is 7. The maximum absolute atomic E-state index is 6.07. The highest BCUT2D eigenvalue weighted by Gasteiger charge is 2.19. The van der Waals surface area contributed by atoms with Gasteiger partial charge in [0.05, 0.1) is 13.7 Å². The fourth-order valence-corrected chi connectivity index (χ4v) is 3.42. The van der Waals surface area contributed by atoms with Gasteiger partial charge in [0.1, 0.15) is 0 Å². The predicted octanol–water partition coefficient (Wildman–Crippen LogP) is 2.38. The van der Waals surface area contributed by atoms with Crippen molar-refractivity contribution in [3.63, 3.8) is 0 Å².